The van der Waals surface area contributed by atoms with Crippen LogP contribution in [0.3, 0.4) is 0 Å². The fourth-order valence-electron chi connectivity index (χ4n) is 1.21. The highest BCUT2D eigenvalue weighted by Gasteiger charge is 2.17. The van der Waals surface area contributed by atoms with Gasteiger partial charge < -0.3 is 5.11 Å². The lowest BCUT2D eigenvalue weighted by molar-refractivity contribution is 0.282. The molecular formula is C11H16BO. The minimum Gasteiger partial charge on any atom is -0.392 e. The summed E-state index contributed by atoms with van der Waals surface area (Å²) >= 11 is 0. The first-order valence-corrected chi connectivity index (χ1v) is 4.61. The summed E-state index contributed by atoms with van der Waals surface area (Å²) in [5, 5.41) is 9.00. The van der Waals surface area contributed by atoms with Crippen molar-refractivity contribution in [3.8, 4) is 0 Å². The molecular weight excluding hydrogens is 159 g/mol. The van der Waals surface area contributed by atoms with E-state index in [0.29, 0.717) is 0 Å². The summed E-state index contributed by atoms with van der Waals surface area (Å²) in [6, 6.07) is 8.10. The highest BCUT2D eigenvalue weighted by molar-refractivity contribution is 6.38. The van der Waals surface area contributed by atoms with Crippen LogP contribution in [0.15, 0.2) is 24.3 Å². The molecule has 0 bridgehead atoms. The second kappa shape index (κ2) is 3.97. The summed E-state index contributed by atoms with van der Waals surface area (Å²) in [4.78, 5) is 0. The summed E-state index contributed by atoms with van der Waals surface area (Å²) in [7, 11) is 2.18. The Balaban J connectivity index is 2.92. The minimum absolute atomic E-state index is 0.119. The number of benzene rings is 1. The first-order chi connectivity index (χ1) is 6.10. The Morgan fingerprint density at radius 1 is 1.23 bits per heavy atom. The van der Waals surface area contributed by atoms with E-state index in [2.05, 4.69) is 40.1 Å². The molecule has 1 aromatic rings. The standard InChI is InChI=1S/C11H16BO/c1-11(2,12-3)10-6-4-9(8-13)5-7-10/h4-7,13H,8H2,1-3H3. The predicted octanol–water partition coefficient (Wildman–Crippen LogP) is 2.17. The van der Waals surface area contributed by atoms with E-state index in [9.17, 15) is 0 Å². The normalized spacial score (nSPS) is 11.4. The predicted molar refractivity (Wildman–Crippen MR) is 57.0 cm³/mol. The molecule has 1 nitrogen and oxygen atoms in total. The molecule has 0 aromatic heterocycles. The third-order valence-electron chi connectivity index (χ3n) is 2.60. The van der Waals surface area contributed by atoms with Crippen molar-refractivity contribution in [2.45, 2.75) is 32.6 Å². The summed E-state index contributed by atoms with van der Waals surface area (Å²) in [5.41, 5.74) is 2.25. The molecule has 0 heterocycles. The second-order valence-electron chi connectivity index (χ2n) is 3.87. The molecule has 0 saturated heterocycles. The lowest BCUT2D eigenvalue weighted by atomic mass is 9.53. The molecule has 0 aliphatic heterocycles. The van der Waals surface area contributed by atoms with E-state index in [1.807, 2.05) is 12.1 Å². The summed E-state index contributed by atoms with van der Waals surface area (Å²) < 4.78 is 0. The van der Waals surface area contributed by atoms with Crippen LogP contribution < -0.4 is 0 Å². The van der Waals surface area contributed by atoms with Crippen molar-refractivity contribution < 1.29 is 5.11 Å². The Hall–Kier alpha value is -0.755. The van der Waals surface area contributed by atoms with Crippen LogP contribution in [-0.2, 0) is 11.9 Å². The molecule has 0 saturated carbocycles. The Morgan fingerprint density at radius 2 is 1.77 bits per heavy atom. The van der Waals surface area contributed by atoms with E-state index in [1.165, 1.54) is 5.56 Å². The zero-order valence-electron chi connectivity index (χ0n) is 8.54. The number of hydrogen-bond donors (Lipinski definition) is 1. The molecule has 0 atom stereocenters. The van der Waals surface area contributed by atoms with E-state index in [4.69, 9.17) is 5.11 Å². The maximum atomic E-state index is 8.88. The third-order valence-corrected chi connectivity index (χ3v) is 2.60. The SMILES string of the molecule is C[B]C(C)(C)c1ccc(CO)cc1. The molecule has 13 heavy (non-hydrogen) atoms. The zero-order valence-corrected chi connectivity index (χ0v) is 8.54. The van der Waals surface area contributed by atoms with Gasteiger partial charge in [-0.3, -0.25) is 0 Å². The van der Waals surface area contributed by atoms with Gasteiger partial charge in [0.05, 0.1) is 6.61 Å². The fraction of sp³-hybridized carbons (Fsp3) is 0.455. The van der Waals surface area contributed by atoms with Crippen molar-refractivity contribution in [3.05, 3.63) is 35.4 Å². The van der Waals surface area contributed by atoms with Crippen LogP contribution in [0.25, 0.3) is 0 Å². The highest BCUT2D eigenvalue weighted by atomic mass is 16.3. The van der Waals surface area contributed by atoms with Crippen LogP contribution in [0, 0.1) is 0 Å². The molecule has 0 spiro atoms. The van der Waals surface area contributed by atoms with Crippen molar-refractivity contribution in [2.24, 2.45) is 0 Å². The van der Waals surface area contributed by atoms with E-state index < -0.39 is 0 Å². The molecule has 2 heteroatoms. The third kappa shape index (κ3) is 2.34. The second-order valence-corrected chi connectivity index (χ2v) is 3.87. The van der Waals surface area contributed by atoms with Crippen LogP contribution in [0.1, 0.15) is 25.0 Å². The maximum Gasteiger partial charge on any atom is 0.119 e. The van der Waals surface area contributed by atoms with Crippen molar-refractivity contribution in [3.63, 3.8) is 0 Å². The summed E-state index contributed by atoms with van der Waals surface area (Å²) in [5.74, 6) is 0. The number of hydrogen-bond acceptors (Lipinski definition) is 1. The monoisotopic (exact) mass is 175 g/mol. The minimum atomic E-state index is 0.119. The Labute approximate surface area is 81.0 Å². The van der Waals surface area contributed by atoms with Gasteiger partial charge in [0, 0.05) is 0 Å². The Kier molecular flexibility index (Phi) is 3.15. The van der Waals surface area contributed by atoms with Gasteiger partial charge in [-0.25, -0.2) is 0 Å². The van der Waals surface area contributed by atoms with Gasteiger partial charge in [-0.2, -0.15) is 0 Å². The van der Waals surface area contributed by atoms with Gasteiger partial charge in [0.2, 0.25) is 0 Å². The fourth-order valence-corrected chi connectivity index (χ4v) is 1.21. The lowest BCUT2D eigenvalue weighted by Gasteiger charge is -2.22. The van der Waals surface area contributed by atoms with Crippen LogP contribution >= 0.6 is 0 Å². The van der Waals surface area contributed by atoms with Crippen molar-refractivity contribution in [2.75, 3.05) is 0 Å². The maximum absolute atomic E-state index is 8.88. The molecule has 69 valence electrons. The van der Waals surface area contributed by atoms with Gasteiger partial charge in [0.15, 0.2) is 0 Å². The van der Waals surface area contributed by atoms with Gasteiger partial charge >= 0.3 is 0 Å². The van der Waals surface area contributed by atoms with Crippen LogP contribution in [0.4, 0.5) is 0 Å². The zero-order chi connectivity index (χ0) is 9.90. The molecule has 0 aliphatic rings. The van der Waals surface area contributed by atoms with E-state index in [1.54, 1.807) is 0 Å². The summed E-state index contributed by atoms with van der Waals surface area (Å²) in [6.45, 7) is 6.55. The molecule has 0 amide bonds. The van der Waals surface area contributed by atoms with Crippen LogP contribution in [0.2, 0.25) is 6.82 Å². The summed E-state index contributed by atoms with van der Waals surface area (Å²) in [6.07, 6.45) is 0. The van der Waals surface area contributed by atoms with Crippen LogP contribution in [-0.4, -0.2) is 12.4 Å². The molecule has 0 aliphatic carbocycles. The molecule has 1 radical (unpaired) electrons. The number of aliphatic hydroxyl groups excluding tert-OH is 1. The van der Waals surface area contributed by atoms with E-state index in [0.717, 1.165) is 5.56 Å². The Bertz CT molecular complexity index is 264. The van der Waals surface area contributed by atoms with Gasteiger partial charge in [-0.05, 0) is 10.9 Å². The molecule has 1 rings (SSSR count). The van der Waals surface area contributed by atoms with Crippen molar-refractivity contribution in [1.82, 2.24) is 0 Å². The van der Waals surface area contributed by atoms with Gasteiger partial charge in [0.1, 0.15) is 7.28 Å². The van der Waals surface area contributed by atoms with Gasteiger partial charge in [-0.15, -0.1) is 0 Å². The molecule has 0 fully saturated rings. The van der Waals surface area contributed by atoms with Crippen LogP contribution in [0.5, 0.6) is 0 Å². The van der Waals surface area contributed by atoms with Gasteiger partial charge in [-0.1, -0.05) is 50.5 Å². The van der Waals surface area contributed by atoms with Crippen molar-refractivity contribution in [1.29, 1.82) is 0 Å². The molecule has 0 unspecified atom stereocenters. The highest BCUT2D eigenvalue weighted by Crippen LogP contribution is 2.21. The van der Waals surface area contributed by atoms with E-state index >= 15 is 0 Å². The average molecular weight is 175 g/mol. The first-order valence-electron chi connectivity index (χ1n) is 4.61. The number of rotatable bonds is 3. The molecule has 1 aromatic carbocycles. The number of aliphatic hydroxyl groups is 1. The quantitative estimate of drug-likeness (QED) is 0.698. The van der Waals surface area contributed by atoms with Gasteiger partial charge in [0.25, 0.3) is 0 Å². The largest absolute Gasteiger partial charge is 0.392 e. The smallest absolute Gasteiger partial charge is 0.119 e. The van der Waals surface area contributed by atoms with Crippen molar-refractivity contribution >= 4 is 7.28 Å². The van der Waals surface area contributed by atoms with E-state index in [-0.39, 0.29) is 11.9 Å². The lowest BCUT2D eigenvalue weighted by Crippen LogP contribution is -2.23. The Morgan fingerprint density at radius 3 is 2.15 bits per heavy atom. The first kappa shape index (κ1) is 10.3. The molecule has 1 N–H and O–H groups in total. The topological polar surface area (TPSA) is 20.2 Å². The average Bonchev–Trinajstić information content (AvgIpc) is 2.18.